The van der Waals surface area contributed by atoms with E-state index in [9.17, 15) is 9.59 Å². The van der Waals surface area contributed by atoms with Gasteiger partial charge >= 0.3 is 0 Å². The van der Waals surface area contributed by atoms with E-state index in [0.29, 0.717) is 6.54 Å². The molecule has 0 N–H and O–H groups in total. The molecule has 0 radical (unpaired) electrons. The summed E-state index contributed by atoms with van der Waals surface area (Å²) in [6, 6.07) is 7.51. The van der Waals surface area contributed by atoms with Crippen LogP contribution >= 0.6 is 0 Å². The zero-order chi connectivity index (χ0) is 15.4. The fourth-order valence-electron chi connectivity index (χ4n) is 3.03. The number of carbonyl (C=O) groups excluding carboxylic acids is 2. The van der Waals surface area contributed by atoms with Gasteiger partial charge in [0.2, 0.25) is 0 Å². The second kappa shape index (κ2) is 6.88. The van der Waals surface area contributed by atoms with E-state index in [1.54, 1.807) is 4.90 Å². The average Bonchev–Trinajstić information content (AvgIpc) is 3.02. The average molecular weight is 287 g/mol. The second-order valence-corrected chi connectivity index (χ2v) is 5.88. The first-order valence-corrected chi connectivity index (χ1v) is 8.02. The maximum Gasteiger partial charge on any atom is 0.254 e. The van der Waals surface area contributed by atoms with Gasteiger partial charge in [-0.1, -0.05) is 39.0 Å². The van der Waals surface area contributed by atoms with Crippen LogP contribution in [-0.2, 0) is 11.2 Å². The molecule has 1 fully saturated rings. The quantitative estimate of drug-likeness (QED) is 0.831. The van der Waals surface area contributed by atoms with Gasteiger partial charge in [-0.3, -0.25) is 9.59 Å². The van der Waals surface area contributed by atoms with E-state index >= 15 is 0 Å². The zero-order valence-corrected chi connectivity index (χ0v) is 13.3. The van der Waals surface area contributed by atoms with Crippen LogP contribution in [0.25, 0.3) is 0 Å². The number of ketones is 1. The minimum Gasteiger partial charge on any atom is -0.329 e. The zero-order valence-electron chi connectivity index (χ0n) is 13.3. The van der Waals surface area contributed by atoms with Gasteiger partial charge in [-0.05, 0) is 37.3 Å². The Bertz CT molecular complexity index is 524. The number of benzene rings is 1. The molecule has 3 nitrogen and oxygen atoms in total. The van der Waals surface area contributed by atoms with Gasteiger partial charge in [-0.2, -0.15) is 0 Å². The van der Waals surface area contributed by atoms with Crippen LogP contribution in [0.15, 0.2) is 24.3 Å². The summed E-state index contributed by atoms with van der Waals surface area (Å²) in [6.07, 6.45) is 3.40. The Kier molecular flexibility index (Phi) is 5.16. The Hall–Kier alpha value is -1.64. The van der Waals surface area contributed by atoms with Crippen LogP contribution in [0.3, 0.4) is 0 Å². The van der Waals surface area contributed by atoms with Gasteiger partial charge in [0.25, 0.3) is 5.91 Å². The van der Waals surface area contributed by atoms with Crippen molar-refractivity contribution in [2.24, 2.45) is 5.92 Å². The molecule has 3 heteroatoms. The first kappa shape index (κ1) is 15.7. The molecule has 0 aliphatic carbocycles. The molecule has 1 saturated heterocycles. The van der Waals surface area contributed by atoms with Gasteiger partial charge in [-0.15, -0.1) is 0 Å². The van der Waals surface area contributed by atoms with Gasteiger partial charge in [0.05, 0.1) is 6.04 Å². The number of rotatable bonds is 5. The molecule has 1 unspecified atom stereocenters. The molecule has 0 saturated carbocycles. The Morgan fingerprint density at radius 2 is 2.00 bits per heavy atom. The predicted octanol–water partition coefficient (Wildman–Crippen LogP) is 3.47. The molecule has 1 aliphatic rings. The van der Waals surface area contributed by atoms with E-state index in [2.05, 4.69) is 6.92 Å². The highest BCUT2D eigenvalue weighted by Gasteiger charge is 2.36. The van der Waals surface area contributed by atoms with Gasteiger partial charge < -0.3 is 4.90 Å². The summed E-state index contributed by atoms with van der Waals surface area (Å²) in [7, 11) is 0. The summed E-state index contributed by atoms with van der Waals surface area (Å²) in [5, 5.41) is 0. The molecule has 21 heavy (non-hydrogen) atoms. The van der Waals surface area contributed by atoms with Crippen LogP contribution < -0.4 is 0 Å². The Balaban J connectivity index is 2.23. The fourth-order valence-corrected chi connectivity index (χ4v) is 3.03. The van der Waals surface area contributed by atoms with Crippen molar-refractivity contribution in [3.8, 4) is 0 Å². The Morgan fingerprint density at radius 1 is 1.29 bits per heavy atom. The second-order valence-electron chi connectivity index (χ2n) is 5.88. The van der Waals surface area contributed by atoms with E-state index in [1.807, 2.05) is 38.1 Å². The van der Waals surface area contributed by atoms with Crippen molar-refractivity contribution in [2.45, 2.75) is 52.5 Å². The van der Waals surface area contributed by atoms with Gasteiger partial charge in [0.15, 0.2) is 5.78 Å². The SMILES string of the molecule is CCc1ccccc1C(=O)N1CCC[C@H]1C(=O)C(C)CC. The van der Waals surface area contributed by atoms with E-state index in [4.69, 9.17) is 0 Å². The summed E-state index contributed by atoms with van der Waals surface area (Å²) in [5.74, 6) is 0.272. The number of amides is 1. The smallest absolute Gasteiger partial charge is 0.254 e. The van der Waals surface area contributed by atoms with E-state index < -0.39 is 0 Å². The van der Waals surface area contributed by atoms with Crippen molar-refractivity contribution in [2.75, 3.05) is 6.54 Å². The van der Waals surface area contributed by atoms with E-state index in [0.717, 1.165) is 36.8 Å². The lowest BCUT2D eigenvalue weighted by molar-refractivity contribution is -0.126. The highest BCUT2D eigenvalue weighted by atomic mass is 16.2. The summed E-state index contributed by atoms with van der Waals surface area (Å²) in [4.78, 5) is 27.1. The molecule has 1 aliphatic heterocycles. The third kappa shape index (κ3) is 3.17. The van der Waals surface area contributed by atoms with Crippen molar-refractivity contribution >= 4 is 11.7 Å². The normalized spacial score (nSPS) is 19.6. The monoisotopic (exact) mass is 287 g/mol. The number of aryl methyl sites for hydroxylation is 1. The molecular weight excluding hydrogens is 262 g/mol. The van der Waals surface area contributed by atoms with Gasteiger partial charge in [0, 0.05) is 18.0 Å². The minimum atomic E-state index is -0.225. The van der Waals surface area contributed by atoms with Crippen LogP contribution in [0.4, 0.5) is 0 Å². The van der Waals surface area contributed by atoms with Crippen molar-refractivity contribution in [1.82, 2.24) is 4.90 Å². The highest BCUT2D eigenvalue weighted by Crippen LogP contribution is 2.25. The maximum absolute atomic E-state index is 12.8. The topological polar surface area (TPSA) is 37.4 Å². The van der Waals surface area contributed by atoms with Crippen molar-refractivity contribution in [3.05, 3.63) is 35.4 Å². The maximum atomic E-state index is 12.8. The lowest BCUT2D eigenvalue weighted by Crippen LogP contribution is -2.42. The Morgan fingerprint density at radius 3 is 2.67 bits per heavy atom. The molecule has 2 atom stereocenters. The van der Waals surface area contributed by atoms with Crippen LogP contribution in [0.5, 0.6) is 0 Å². The number of hydrogen-bond donors (Lipinski definition) is 0. The van der Waals surface area contributed by atoms with Crippen molar-refractivity contribution < 1.29 is 9.59 Å². The fraction of sp³-hybridized carbons (Fsp3) is 0.556. The number of carbonyl (C=O) groups is 2. The summed E-state index contributed by atoms with van der Waals surface area (Å²) in [6.45, 7) is 6.74. The summed E-state index contributed by atoms with van der Waals surface area (Å²) < 4.78 is 0. The molecule has 2 rings (SSSR count). The molecule has 0 aromatic heterocycles. The van der Waals surface area contributed by atoms with Crippen LogP contribution in [0.1, 0.15) is 56.0 Å². The molecule has 114 valence electrons. The van der Waals surface area contributed by atoms with Crippen LogP contribution in [-0.4, -0.2) is 29.2 Å². The highest BCUT2D eigenvalue weighted by molar-refractivity contribution is 5.99. The van der Waals surface area contributed by atoms with Crippen molar-refractivity contribution in [1.29, 1.82) is 0 Å². The first-order chi connectivity index (χ1) is 10.1. The lowest BCUT2D eigenvalue weighted by atomic mass is 9.95. The largest absolute Gasteiger partial charge is 0.329 e. The molecule has 0 bridgehead atoms. The molecule has 0 spiro atoms. The van der Waals surface area contributed by atoms with Gasteiger partial charge in [0.1, 0.15) is 0 Å². The Labute approximate surface area is 127 Å². The number of hydrogen-bond acceptors (Lipinski definition) is 2. The third-order valence-electron chi connectivity index (χ3n) is 4.57. The molecule has 1 heterocycles. The van der Waals surface area contributed by atoms with E-state index in [1.165, 1.54) is 0 Å². The number of nitrogens with zero attached hydrogens (tertiary/aromatic N) is 1. The van der Waals surface area contributed by atoms with E-state index in [-0.39, 0.29) is 23.7 Å². The molecule has 1 amide bonds. The number of Topliss-reactive ketones (excluding diaryl/α,β-unsaturated/α-hetero) is 1. The minimum absolute atomic E-state index is 0.0200. The van der Waals surface area contributed by atoms with Gasteiger partial charge in [-0.25, -0.2) is 0 Å². The predicted molar refractivity (Wildman–Crippen MR) is 84.3 cm³/mol. The van der Waals surface area contributed by atoms with Crippen LogP contribution in [0, 0.1) is 5.92 Å². The lowest BCUT2D eigenvalue weighted by Gasteiger charge is -2.26. The van der Waals surface area contributed by atoms with Crippen molar-refractivity contribution in [3.63, 3.8) is 0 Å². The third-order valence-corrected chi connectivity index (χ3v) is 4.57. The molecular formula is C18H25NO2. The molecule has 1 aromatic carbocycles. The number of likely N-dealkylation sites (tertiary alicyclic amines) is 1. The van der Waals surface area contributed by atoms with Crippen LogP contribution in [0.2, 0.25) is 0 Å². The molecule has 1 aromatic rings. The standard InChI is InChI=1S/C18H25NO2/c1-4-13(3)17(20)16-11-8-12-19(16)18(21)15-10-7-6-9-14(15)5-2/h6-7,9-10,13,16H,4-5,8,11-12H2,1-3H3/t13?,16-/m0/s1. The first-order valence-electron chi connectivity index (χ1n) is 8.02. The summed E-state index contributed by atoms with van der Waals surface area (Å²) >= 11 is 0. The summed E-state index contributed by atoms with van der Waals surface area (Å²) in [5.41, 5.74) is 1.81.